The first kappa shape index (κ1) is 25.0. The molecule has 0 aliphatic rings. The van der Waals surface area contributed by atoms with Crippen LogP contribution < -0.4 is 33.6 Å². The lowest BCUT2D eigenvalue weighted by atomic mass is 10.00. The quantitative estimate of drug-likeness (QED) is 0.209. The van der Waals surface area contributed by atoms with Gasteiger partial charge in [-0.15, -0.1) is 0 Å². The van der Waals surface area contributed by atoms with Crippen LogP contribution in [0, 0.1) is 11.8 Å². The van der Waals surface area contributed by atoms with Crippen LogP contribution in [0.4, 0.5) is 0 Å². The summed E-state index contributed by atoms with van der Waals surface area (Å²) in [5, 5.41) is 7.04. The maximum Gasteiger partial charge on any atom is 0.0205 e. The molecule has 10 N–H and O–H groups in total. The van der Waals surface area contributed by atoms with Crippen LogP contribution in [-0.4, -0.2) is 39.3 Å². The molecule has 28 heavy (non-hydrogen) atoms. The van der Waals surface area contributed by atoms with Crippen molar-refractivity contribution in [2.75, 3.05) is 39.3 Å². The highest BCUT2D eigenvalue weighted by molar-refractivity contribution is 5.22. The molecule has 0 radical (unpaired) electrons. The summed E-state index contributed by atoms with van der Waals surface area (Å²) in [6.07, 6.45) is 6.69. The summed E-state index contributed by atoms with van der Waals surface area (Å²) in [6.45, 7) is 6.84. The summed E-state index contributed by atoms with van der Waals surface area (Å²) >= 11 is 0. The van der Waals surface area contributed by atoms with E-state index in [1.165, 1.54) is 11.1 Å². The van der Waals surface area contributed by atoms with Crippen molar-refractivity contribution in [2.24, 2.45) is 34.8 Å². The first-order valence-corrected chi connectivity index (χ1v) is 11.0. The van der Waals surface area contributed by atoms with E-state index in [-0.39, 0.29) is 0 Å². The molecule has 0 heterocycles. The van der Waals surface area contributed by atoms with Gasteiger partial charge in [-0.1, -0.05) is 24.3 Å². The molecule has 162 valence electrons. The van der Waals surface area contributed by atoms with Gasteiger partial charge in [-0.25, -0.2) is 0 Å². The average Bonchev–Trinajstić information content (AvgIpc) is 2.72. The first-order valence-electron chi connectivity index (χ1n) is 11.0. The molecule has 1 rings (SSSR count). The minimum atomic E-state index is 0.570. The fourth-order valence-electron chi connectivity index (χ4n) is 3.50. The van der Waals surface area contributed by atoms with Crippen molar-refractivity contribution >= 4 is 0 Å². The lowest BCUT2D eigenvalue weighted by Crippen LogP contribution is -2.21. The third-order valence-corrected chi connectivity index (χ3v) is 5.43. The highest BCUT2D eigenvalue weighted by Crippen LogP contribution is 2.09. The second-order valence-electron chi connectivity index (χ2n) is 7.81. The molecule has 1 aromatic carbocycles. The van der Waals surface area contributed by atoms with Crippen molar-refractivity contribution < 1.29 is 0 Å². The van der Waals surface area contributed by atoms with Crippen molar-refractivity contribution in [2.45, 2.75) is 51.6 Å². The zero-order chi connectivity index (χ0) is 20.5. The Morgan fingerprint density at radius 2 is 1.00 bits per heavy atom. The van der Waals surface area contributed by atoms with E-state index in [0.29, 0.717) is 11.8 Å². The van der Waals surface area contributed by atoms with Crippen molar-refractivity contribution in [1.82, 2.24) is 10.6 Å². The topological polar surface area (TPSA) is 128 Å². The van der Waals surface area contributed by atoms with E-state index in [9.17, 15) is 0 Å². The van der Waals surface area contributed by atoms with Crippen LogP contribution in [0.1, 0.15) is 49.7 Å². The highest BCUT2D eigenvalue weighted by atomic mass is 14.9. The molecule has 6 heteroatoms. The van der Waals surface area contributed by atoms with Gasteiger partial charge < -0.3 is 33.6 Å². The number of rotatable bonds is 18. The molecule has 0 spiro atoms. The Morgan fingerprint density at radius 1 is 0.607 bits per heavy atom. The van der Waals surface area contributed by atoms with Crippen molar-refractivity contribution in [3.05, 3.63) is 35.4 Å². The van der Waals surface area contributed by atoms with Gasteiger partial charge in [0.1, 0.15) is 0 Å². The van der Waals surface area contributed by atoms with Gasteiger partial charge in [0.25, 0.3) is 0 Å². The van der Waals surface area contributed by atoms with Gasteiger partial charge in [0, 0.05) is 13.1 Å². The third kappa shape index (κ3) is 11.7. The highest BCUT2D eigenvalue weighted by Gasteiger charge is 2.05. The lowest BCUT2D eigenvalue weighted by Gasteiger charge is -2.14. The van der Waals surface area contributed by atoms with E-state index in [2.05, 4.69) is 34.9 Å². The molecule has 0 aliphatic heterocycles. The van der Waals surface area contributed by atoms with E-state index >= 15 is 0 Å². The van der Waals surface area contributed by atoms with E-state index in [4.69, 9.17) is 22.9 Å². The van der Waals surface area contributed by atoms with Gasteiger partial charge >= 0.3 is 0 Å². The average molecular weight is 393 g/mol. The minimum absolute atomic E-state index is 0.570. The number of benzene rings is 1. The van der Waals surface area contributed by atoms with Crippen molar-refractivity contribution in [1.29, 1.82) is 0 Å². The molecular formula is C22H44N6. The Bertz CT molecular complexity index is 422. The van der Waals surface area contributed by atoms with E-state index < -0.39 is 0 Å². The van der Waals surface area contributed by atoms with Gasteiger partial charge in [-0.05, 0) is 101 Å². The monoisotopic (exact) mass is 392 g/mol. The van der Waals surface area contributed by atoms with Gasteiger partial charge in [-0.3, -0.25) is 0 Å². The van der Waals surface area contributed by atoms with Crippen LogP contribution >= 0.6 is 0 Å². The number of nitrogens with one attached hydrogen (secondary N) is 2. The number of hydrogen-bond acceptors (Lipinski definition) is 6. The SMILES string of the molecule is NCCC(CN)CCCNCc1ccc(CNCCCC(CN)CCN)cc1. The summed E-state index contributed by atoms with van der Waals surface area (Å²) in [7, 11) is 0. The van der Waals surface area contributed by atoms with Crippen LogP contribution in [0.25, 0.3) is 0 Å². The predicted molar refractivity (Wildman–Crippen MR) is 121 cm³/mol. The number of nitrogens with two attached hydrogens (primary N) is 4. The molecular weight excluding hydrogens is 348 g/mol. The van der Waals surface area contributed by atoms with Gasteiger partial charge in [0.2, 0.25) is 0 Å². The molecule has 0 bridgehead atoms. The third-order valence-electron chi connectivity index (χ3n) is 5.43. The molecule has 0 aromatic heterocycles. The molecule has 2 unspecified atom stereocenters. The fourth-order valence-corrected chi connectivity index (χ4v) is 3.50. The lowest BCUT2D eigenvalue weighted by molar-refractivity contribution is 0.442. The van der Waals surface area contributed by atoms with E-state index in [1.807, 2.05) is 0 Å². The van der Waals surface area contributed by atoms with E-state index in [0.717, 1.165) is 90.9 Å². The van der Waals surface area contributed by atoms with Crippen LogP contribution in [0.2, 0.25) is 0 Å². The second kappa shape index (κ2) is 16.9. The zero-order valence-electron chi connectivity index (χ0n) is 17.7. The normalized spacial score (nSPS) is 13.6. The Hall–Kier alpha value is -1.02. The Labute approximate surface area is 172 Å². The molecule has 0 fully saturated rings. The largest absolute Gasteiger partial charge is 0.330 e. The standard InChI is InChI=1S/C22H44N6/c23-11-9-19(15-25)3-1-13-27-17-21-5-7-22(8-6-21)18-28-14-2-4-20(16-26)10-12-24/h5-8,19-20,27-28H,1-4,9-18,23-26H2. The summed E-state index contributed by atoms with van der Waals surface area (Å²) in [5.74, 6) is 1.14. The first-order chi connectivity index (χ1) is 13.7. The Balaban J connectivity index is 2.11. The summed E-state index contributed by atoms with van der Waals surface area (Å²) in [5.41, 5.74) is 25.4. The van der Waals surface area contributed by atoms with Gasteiger partial charge in [0.05, 0.1) is 0 Å². The van der Waals surface area contributed by atoms with Gasteiger partial charge in [-0.2, -0.15) is 0 Å². The van der Waals surface area contributed by atoms with Crippen LogP contribution in [0.15, 0.2) is 24.3 Å². The summed E-state index contributed by atoms with van der Waals surface area (Å²) < 4.78 is 0. The molecule has 0 aliphatic carbocycles. The predicted octanol–water partition coefficient (Wildman–Crippen LogP) is 1.27. The van der Waals surface area contributed by atoms with Crippen molar-refractivity contribution in [3.8, 4) is 0 Å². The smallest absolute Gasteiger partial charge is 0.0205 e. The van der Waals surface area contributed by atoms with E-state index in [1.54, 1.807) is 0 Å². The fraction of sp³-hybridized carbons (Fsp3) is 0.727. The molecule has 0 saturated heterocycles. The van der Waals surface area contributed by atoms with Crippen LogP contribution in [-0.2, 0) is 13.1 Å². The zero-order valence-corrected chi connectivity index (χ0v) is 17.7. The second-order valence-corrected chi connectivity index (χ2v) is 7.81. The molecule has 0 saturated carbocycles. The Kier molecular flexibility index (Phi) is 15.1. The van der Waals surface area contributed by atoms with Crippen LogP contribution in [0.5, 0.6) is 0 Å². The van der Waals surface area contributed by atoms with Crippen LogP contribution in [0.3, 0.4) is 0 Å². The molecule has 0 amide bonds. The molecule has 2 atom stereocenters. The Morgan fingerprint density at radius 3 is 1.32 bits per heavy atom. The maximum absolute atomic E-state index is 5.77. The van der Waals surface area contributed by atoms with Crippen molar-refractivity contribution in [3.63, 3.8) is 0 Å². The minimum Gasteiger partial charge on any atom is -0.330 e. The number of hydrogen-bond donors (Lipinski definition) is 6. The van der Waals surface area contributed by atoms with Gasteiger partial charge in [0.15, 0.2) is 0 Å². The maximum atomic E-state index is 5.77. The molecule has 1 aromatic rings. The summed E-state index contributed by atoms with van der Waals surface area (Å²) in [4.78, 5) is 0. The molecule has 6 nitrogen and oxygen atoms in total. The summed E-state index contributed by atoms with van der Waals surface area (Å²) in [6, 6.07) is 8.86.